The molecule has 3 aromatic rings. The number of nitrogens with one attached hydrogen (secondary N) is 2. The summed E-state index contributed by atoms with van der Waals surface area (Å²) in [7, 11) is 0. The highest BCUT2D eigenvalue weighted by atomic mass is 16.2. The van der Waals surface area contributed by atoms with E-state index in [2.05, 4.69) is 35.3 Å². The molecule has 0 unspecified atom stereocenters. The number of hydrogen-bond acceptors (Lipinski definition) is 7. The lowest BCUT2D eigenvalue weighted by molar-refractivity contribution is 0.102. The highest BCUT2D eigenvalue weighted by molar-refractivity contribution is 6.04. The molecule has 0 atom stereocenters. The van der Waals surface area contributed by atoms with Crippen LogP contribution in [0.15, 0.2) is 11.0 Å². The molecule has 28 heavy (non-hydrogen) atoms. The second-order valence-corrected chi connectivity index (χ2v) is 7.01. The molecule has 4 rings (SSSR count). The van der Waals surface area contributed by atoms with Crippen LogP contribution in [0, 0.1) is 20.8 Å². The summed E-state index contributed by atoms with van der Waals surface area (Å²) in [5, 5.41) is 5.42. The average Bonchev–Trinajstić information content (AvgIpc) is 3.09. The van der Waals surface area contributed by atoms with E-state index in [-0.39, 0.29) is 17.3 Å². The minimum Gasteiger partial charge on any atom is -0.341 e. The van der Waals surface area contributed by atoms with Gasteiger partial charge in [-0.2, -0.15) is 9.50 Å². The number of carbonyl (C=O) groups excluding carboxylic acids is 1. The number of carbonyl (C=O) groups is 1. The molecule has 1 fully saturated rings. The Balaban J connectivity index is 1.57. The molecule has 1 aliphatic rings. The molecule has 4 heterocycles. The van der Waals surface area contributed by atoms with Crippen molar-refractivity contribution >= 4 is 23.6 Å². The van der Waals surface area contributed by atoms with Crippen molar-refractivity contribution in [3.05, 3.63) is 39.1 Å². The molecular weight excluding hydrogens is 360 g/mol. The molecule has 1 amide bonds. The first-order chi connectivity index (χ1) is 13.4. The van der Waals surface area contributed by atoms with Gasteiger partial charge in [0.2, 0.25) is 11.9 Å². The van der Waals surface area contributed by atoms with Crippen molar-refractivity contribution in [3.8, 4) is 0 Å². The van der Waals surface area contributed by atoms with E-state index in [9.17, 15) is 9.59 Å². The lowest BCUT2D eigenvalue weighted by Gasteiger charge is -2.26. The van der Waals surface area contributed by atoms with E-state index in [1.165, 1.54) is 17.1 Å². The third kappa shape index (κ3) is 3.21. The van der Waals surface area contributed by atoms with Gasteiger partial charge in [-0.3, -0.25) is 20.0 Å². The second kappa shape index (κ2) is 7.02. The first-order valence-electron chi connectivity index (χ1n) is 9.30. The Morgan fingerprint density at radius 2 is 1.82 bits per heavy atom. The zero-order valence-electron chi connectivity index (χ0n) is 16.1. The van der Waals surface area contributed by atoms with E-state index >= 15 is 0 Å². The number of amides is 1. The van der Waals surface area contributed by atoms with Crippen LogP contribution in [-0.2, 0) is 0 Å². The maximum absolute atomic E-state index is 12.6. The van der Waals surface area contributed by atoms with Crippen LogP contribution < -0.4 is 15.8 Å². The summed E-state index contributed by atoms with van der Waals surface area (Å²) < 4.78 is 1.21. The smallest absolute Gasteiger partial charge is 0.277 e. The molecule has 1 aliphatic heterocycles. The van der Waals surface area contributed by atoms with Gasteiger partial charge < -0.3 is 4.90 Å². The molecule has 10 heteroatoms. The van der Waals surface area contributed by atoms with Crippen LogP contribution in [0.5, 0.6) is 0 Å². The molecule has 10 nitrogen and oxygen atoms in total. The summed E-state index contributed by atoms with van der Waals surface area (Å²) >= 11 is 0. The van der Waals surface area contributed by atoms with Gasteiger partial charge in [0.15, 0.2) is 0 Å². The van der Waals surface area contributed by atoms with Crippen molar-refractivity contribution < 1.29 is 4.79 Å². The van der Waals surface area contributed by atoms with Crippen molar-refractivity contribution in [2.24, 2.45) is 0 Å². The highest BCUT2D eigenvalue weighted by Gasteiger charge is 2.18. The fourth-order valence-corrected chi connectivity index (χ4v) is 3.26. The number of aromatic amines is 1. The van der Waals surface area contributed by atoms with Crippen molar-refractivity contribution in [2.45, 2.75) is 40.0 Å². The molecule has 0 aliphatic carbocycles. The van der Waals surface area contributed by atoms with Crippen molar-refractivity contribution in [3.63, 3.8) is 0 Å². The average molecular weight is 382 g/mol. The van der Waals surface area contributed by atoms with Crippen LogP contribution >= 0.6 is 0 Å². The van der Waals surface area contributed by atoms with Gasteiger partial charge in [0, 0.05) is 30.5 Å². The van der Waals surface area contributed by atoms with E-state index in [0.29, 0.717) is 28.5 Å². The van der Waals surface area contributed by atoms with Crippen LogP contribution in [-0.4, -0.2) is 48.5 Å². The number of aryl methyl sites for hydroxylation is 2. The fourth-order valence-electron chi connectivity index (χ4n) is 3.26. The van der Waals surface area contributed by atoms with Crippen molar-refractivity contribution in [1.82, 2.24) is 29.5 Å². The van der Waals surface area contributed by atoms with E-state index in [1.54, 1.807) is 20.8 Å². The number of anilines is 2. The van der Waals surface area contributed by atoms with Crippen LogP contribution in [0.1, 0.15) is 46.6 Å². The van der Waals surface area contributed by atoms with E-state index in [0.717, 1.165) is 25.9 Å². The minimum atomic E-state index is -0.400. The van der Waals surface area contributed by atoms with Gasteiger partial charge >= 0.3 is 0 Å². The van der Waals surface area contributed by atoms with Crippen LogP contribution in [0.4, 0.5) is 11.9 Å². The van der Waals surface area contributed by atoms with Crippen molar-refractivity contribution in [1.29, 1.82) is 0 Å². The molecule has 0 spiro atoms. The Bertz CT molecular complexity index is 1110. The predicted molar refractivity (Wildman–Crippen MR) is 104 cm³/mol. The van der Waals surface area contributed by atoms with Crippen molar-refractivity contribution in [2.75, 3.05) is 23.3 Å². The van der Waals surface area contributed by atoms with Gasteiger partial charge in [-0.1, -0.05) is 0 Å². The third-order valence-electron chi connectivity index (χ3n) is 5.05. The van der Waals surface area contributed by atoms with Crippen LogP contribution in [0.2, 0.25) is 0 Å². The summed E-state index contributed by atoms with van der Waals surface area (Å²) in [5.41, 5.74) is 1.82. The summed E-state index contributed by atoms with van der Waals surface area (Å²) in [6.07, 6.45) is 5.01. The van der Waals surface area contributed by atoms with E-state index in [1.807, 2.05) is 0 Å². The lowest BCUT2D eigenvalue weighted by atomic mass is 10.1. The molecule has 1 saturated heterocycles. The Morgan fingerprint density at radius 3 is 2.54 bits per heavy atom. The van der Waals surface area contributed by atoms with Gasteiger partial charge in [-0.25, -0.2) is 15.0 Å². The molecule has 0 aromatic carbocycles. The first kappa shape index (κ1) is 18.1. The maximum Gasteiger partial charge on any atom is 0.277 e. The van der Waals surface area contributed by atoms with Gasteiger partial charge in [-0.05, 0) is 40.0 Å². The lowest BCUT2D eigenvalue weighted by Crippen LogP contribution is -2.31. The zero-order valence-corrected chi connectivity index (χ0v) is 16.1. The molecule has 2 N–H and O–H groups in total. The van der Waals surface area contributed by atoms with Crippen LogP contribution in [0.25, 0.3) is 5.78 Å². The Hall–Kier alpha value is -3.30. The molecule has 0 saturated carbocycles. The van der Waals surface area contributed by atoms with E-state index in [4.69, 9.17) is 0 Å². The number of piperidine rings is 1. The molecule has 0 bridgehead atoms. The van der Waals surface area contributed by atoms with Gasteiger partial charge in [-0.15, -0.1) is 0 Å². The number of aromatic nitrogens is 6. The molecule has 3 aromatic heterocycles. The summed E-state index contributed by atoms with van der Waals surface area (Å²) in [6, 6.07) is 0. The molecule has 146 valence electrons. The monoisotopic (exact) mass is 382 g/mol. The van der Waals surface area contributed by atoms with Gasteiger partial charge in [0.05, 0.1) is 11.3 Å². The van der Waals surface area contributed by atoms with Gasteiger partial charge in [0.1, 0.15) is 0 Å². The Labute approximate surface area is 161 Å². The first-order valence-corrected chi connectivity index (χ1v) is 9.30. The summed E-state index contributed by atoms with van der Waals surface area (Å²) in [4.78, 5) is 44.3. The maximum atomic E-state index is 12.6. The Morgan fingerprint density at radius 1 is 1.07 bits per heavy atom. The predicted octanol–water partition coefficient (Wildman–Crippen LogP) is 1.38. The SMILES string of the molecule is Cc1nc(N2CCCCC2)ncc1C(=O)Nc1nc2nc(C)c(C)c(=O)n2[nH]1. The molecule has 0 radical (unpaired) electrons. The topological polar surface area (TPSA) is 121 Å². The number of nitrogens with zero attached hydrogens (tertiary/aromatic N) is 6. The highest BCUT2D eigenvalue weighted by Crippen LogP contribution is 2.17. The zero-order chi connectivity index (χ0) is 19.8. The molecular formula is C18H22N8O2. The second-order valence-electron chi connectivity index (χ2n) is 7.01. The minimum absolute atomic E-state index is 0.138. The standard InChI is InChI=1S/C18H22N8O2/c1-10-11(2)20-18-23-16(24-26(18)15(10)28)22-14(27)13-9-19-17(21-12(13)3)25-7-5-4-6-8-25/h9H,4-8H2,1-3H3,(H2,20,22,23,24,27). The van der Waals surface area contributed by atoms with Gasteiger partial charge in [0.25, 0.3) is 17.2 Å². The summed E-state index contributed by atoms with van der Waals surface area (Å²) in [5.74, 6) is 0.596. The number of rotatable bonds is 3. The normalized spacial score (nSPS) is 14.5. The van der Waals surface area contributed by atoms with E-state index < -0.39 is 5.91 Å². The number of fused-ring (bicyclic) bond motifs is 1. The quantitative estimate of drug-likeness (QED) is 0.702. The fraction of sp³-hybridized carbons (Fsp3) is 0.444. The summed E-state index contributed by atoms with van der Waals surface area (Å²) in [6.45, 7) is 7.09. The number of H-pyrrole nitrogens is 1. The largest absolute Gasteiger partial charge is 0.341 e. The van der Waals surface area contributed by atoms with Crippen LogP contribution in [0.3, 0.4) is 0 Å². The Kier molecular flexibility index (Phi) is 4.54. The third-order valence-corrected chi connectivity index (χ3v) is 5.05. The number of hydrogen-bond donors (Lipinski definition) is 2.